The molecular weight excluding hydrogens is 286 g/mol. The quantitative estimate of drug-likeness (QED) is 0.770. The van der Waals surface area contributed by atoms with Gasteiger partial charge in [0.1, 0.15) is 0 Å². The van der Waals surface area contributed by atoms with Crippen molar-refractivity contribution >= 4 is 5.97 Å². The van der Waals surface area contributed by atoms with E-state index < -0.39 is 11.9 Å². The van der Waals surface area contributed by atoms with Crippen LogP contribution in [-0.4, -0.2) is 16.1 Å². The molecule has 23 heavy (non-hydrogen) atoms. The van der Waals surface area contributed by atoms with Crippen LogP contribution in [0.3, 0.4) is 0 Å². The summed E-state index contributed by atoms with van der Waals surface area (Å²) in [5.41, 5.74) is 3.77. The third-order valence-electron chi connectivity index (χ3n) is 3.85. The van der Waals surface area contributed by atoms with Crippen molar-refractivity contribution in [3.05, 3.63) is 90.1 Å². The van der Waals surface area contributed by atoms with Crippen LogP contribution in [0, 0.1) is 0 Å². The second-order valence-electron chi connectivity index (χ2n) is 5.42. The minimum atomic E-state index is -0.801. The first kappa shape index (κ1) is 15.0. The highest BCUT2D eigenvalue weighted by atomic mass is 16.4. The first-order valence-electron chi connectivity index (χ1n) is 7.52. The van der Waals surface area contributed by atoms with Crippen LogP contribution in [0.25, 0.3) is 11.3 Å². The lowest BCUT2D eigenvalue weighted by atomic mass is 9.91. The molecule has 3 rings (SSSR count). The first-order chi connectivity index (χ1) is 11.2. The van der Waals surface area contributed by atoms with Gasteiger partial charge in [-0.3, -0.25) is 9.78 Å². The lowest BCUT2D eigenvalue weighted by Gasteiger charge is -2.13. The number of carboxylic acids is 1. The van der Waals surface area contributed by atoms with Crippen molar-refractivity contribution in [1.29, 1.82) is 0 Å². The van der Waals surface area contributed by atoms with E-state index >= 15 is 0 Å². The molecule has 1 heterocycles. The lowest BCUT2D eigenvalue weighted by Crippen LogP contribution is -2.14. The van der Waals surface area contributed by atoms with Crippen LogP contribution in [0.1, 0.15) is 17.0 Å². The van der Waals surface area contributed by atoms with Crippen molar-refractivity contribution in [2.45, 2.75) is 12.3 Å². The van der Waals surface area contributed by atoms with Gasteiger partial charge < -0.3 is 5.11 Å². The molecule has 0 amide bonds. The van der Waals surface area contributed by atoms with Gasteiger partial charge in [0.2, 0.25) is 0 Å². The van der Waals surface area contributed by atoms with Gasteiger partial charge >= 0.3 is 5.97 Å². The van der Waals surface area contributed by atoms with Crippen molar-refractivity contribution in [1.82, 2.24) is 4.98 Å². The molecule has 114 valence electrons. The summed E-state index contributed by atoms with van der Waals surface area (Å²) < 4.78 is 0. The van der Waals surface area contributed by atoms with Crippen molar-refractivity contribution in [3.8, 4) is 11.3 Å². The fourth-order valence-electron chi connectivity index (χ4n) is 2.61. The molecule has 1 aromatic heterocycles. The topological polar surface area (TPSA) is 50.2 Å². The number of nitrogens with zero attached hydrogens (tertiary/aromatic N) is 1. The van der Waals surface area contributed by atoms with Gasteiger partial charge in [-0.05, 0) is 29.7 Å². The molecule has 0 saturated heterocycles. The van der Waals surface area contributed by atoms with E-state index in [1.54, 1.807) is 6.20 Å². The summed E-state index contributed by atoms with van der Waals surface area (Å²) in [6.07, 6.45) is 2.24. The van der Waals surface area contributed by atoms with Crippen LogP contribution in [-0.2, 0) is 11.2 Å². The molecule has 0 spiro atoms. The number of hydrogen-bond donors (Lipinski definition) is 1. The van der Waals surface area contributed by atoms with Gasteiger partial charge in [0.25, 0.3) is 0 Å². The minimum absolute atomic E-state index is 0.474. The summed E-state index contributed by atoms with van der Waals surface area (Å²) >= 11 is 0. The Morgan fingerprint density at radius 3 is 2.22 bits per heavy atom. The van der Waals surface area contributed by atoms with Gasteiger partial charge in [0, 0.05) is 11.8 Å². The fraction of sp³-hybridized carbons (Fsp3) is 0.100. The number of aliphatic carboxylic acids is 1. The van der Waals surface area contributed by atoms with Gasteiger partial charge in [-0.2, -0.15) is 0 Å². The van der Waals surface area contributed by atoms with E-state index in [2.05, 4.69) is 4.98 Å². The summed E-state index contributed by atoms with van der Waals surface area (Å²) in [7, 11) is 0. The molecule has 0 fully saturated rings. The van der Waals surface area contributed by atoms with E-state index in [0.717, 1.165) is 22.4 Å². The third kappa shape index (κ3) is 3.64. The SMILES string of the molecule is O=C(O)[C@H](Cc1ccc(-c2ccccn2)cc1)c1ccccc1. The van der Waals surface area contributed by atoms with Gasteiger partial charge in [0.15, 0.2) is 0 Å². The first-order valence-corrected chi connectivity index (χ1v) is 7.52. The van der Waals surface area contributed by atoms with E-state index in [1.165, 1.54) is 0 Å². The largest absolute Gasteiger partial charge is 0.481 e. The average molecular weight is 303 g/mol. The molecule has 3 nitrogen and oxygen atoms in total. The molecule has 0 aliphatic carbocycles. The highest BCUT2D eigenvalue weighted by Gasteiger charge is 2.19. The smallest absolute Gasteiger partial charge is 0.311 e. The zero-order valence-electron chi connectivity index (χ0n) is 12.6. The van der Waals surface area contributed by atoms with E-state index in [-0.39, 0.29) is 0 Å². The molecule has 3 heteroatoms. The third-order valence-corrected chi connectivity index (χ3v) is 3.85. The maximum atomic E-state index is 11.6. The van der Waals surface area contributed by atoms with E-state index in [0.29, 0.717) is 6.42 Å². The molecule has 0 saturated carbocycles. The van der Waals surface area contributed by atoms with E-state index in [4.69, 9.17) is 0 Å². The second-order valence-corrected chi connectivity index (χ2v) is 5.42. The van der Waals surface area contributed by atoms with Crippen LogP contribution in [0.15, 0.2) is 79.0 Å². The number of rotatable bonds is 5. The number of aromatic nitrogens is 1. The average Bonchev–Trinajstić information content (AvgIpc) is 2.61. The normalized spacial score (nSPS) is 11.8. The standard InChI is InChI=1S/C20H17NO2/c22-20(23)18(16-6-2-1-3-7-16)14-15-9-11-17(12-10-15)19-8-4-5-13-21-19/h1-13,18H,14H2,(H,22,23)/t18-/m1/s1. The Labute approximate surface area is 135 Å². The van der Waals surface area contributed by atoms with Crippen molar-refractivity contribution in [2.75, 3.05) is 0 Å². The second kappa shape index (κ2) is 6.88. The number of hydrogen-bond acceptors (Lipinski definition) is 2. The summed E-state index contributed by atoms with van der Waals surface area (Å²) in [6.45, 7) is 0. The Morgan fingerprint density at radius 2 is 1.61 bits per heavy atom. The number of carboxylic acid groups (broad SMARTS) is 1. The highest BCUT2D eigenvalue weighted by Crippen LogP contribution is 2.23. The molecule has 0 radical (unpaired) electrons. The molecule has 0 aliphatic heterocycles. The van der Waals surface area contributed by atoms with Crippen LogP contribution in [0.2, 0.25) is 0 Å². The van der Waals surface area contributed by atoms with Crippen molar-refractivity contribution in [2.24, 2.45) is 0 Å². The van der Waals surface area contributed by atoms with Crippen molar-refractivity contribution in [3.63, 3.8) is 0 Å². The molecule has 1 atom stereocenters. The van der Waals surface area contributed by atoms with Crippen molar-refractivity contribution < 1.29 is 9.90 Å². The summed E-state index contributed by atoms with van der Waals surface area (Å²) in [5.74, 6) is -1.33. The number of carbonyl (C=O) groups is 1. The monoisotopic (exact) mass is 303 g/mol. The Balaban J connectivity index is 1.80. The van der Waals surface area contributed by atoms with Gasteiger partial charge in [0.05, 0.1) is 11.6 Å². The Kier molecular flexibility index (Phi) is 4.48. The lowest BCUT2D eigenvalue weighted by molar-refractivity contribution is -0.138. The Bertz CT molecular complexity index is 768. The predicted octanol–water partition coefficient (Wildman–Crippen LogP) is 4.16. The molecular formula is C20H17NO2. The minimum Gasteiger partial charge on any atom is -0.481 e. The Morgan fingerprint density at radius 1 is 0.913 bits per heavy atom. The summed E-state index contributed by atoms with van der Waals surface area (Å²) in [6, 6.07) is 23.1. The summed E-state index contributed by atoms with van der Waals surface area (Å²) in [5, 5.41) is 9.51. The van der Waals surface area contributed by atoms with Crippen LogP contribution in [0.4, 0.5) is 0 Å². The zero-order valence-corrected chi connectivity index (χ0v) is 12.6. The maximum absolute atomic E-state index is 11.6. The molecule has 0 aliphatic rings. The predicted molar refractivity (Wildman–Crippen MR) is 90.2 cm³/mol. The molecule has 0 unspecified atom stereocenters. The molecule has 1 N–H and O–H groups in total. The van der Waals surface area contributed by atoms with Crippen LogP contribution < -0.4 is 0 Å². The zero-order chi connectivity index (χ0) is 16.1. The molecule has 3 aromatic rings. The highest BCUT2D eigenvalue weighted by molar-refractivity contribution is 5.76. The fourth-order valence-corrected chi connectivity index (χ4v) is 2.61. The number of pyridine rings is 1. The van der Waals surface area contributed by atoms with Gasteiger partial charge in [-0.1, -0.05) is 60.7 Å². The maximum Gasteiger partial charge on any atom is 0.311 e. The van der Waals surface area contributed by atoms with Gasteiger partial charge in [-0.25, -0.2) is 0 Å². The van der Waals surface area contributed by atoms with E-state index in [1.807, 2.05) is 72.8 Å². The number of benzene rings is 2. The van der Waals surface area contributed by atoms with Gasteiger partial charge in [-0.15, -0.1) is 0 Å². The van der Waals surface area contributed by atoms with Crippen LogP contribution in [0.5, 0.6) is 0 Å². The Hall–Kier alpha value is -2.94. The van der Waals surface area contributed by atoms with E-state index in [9.17, 15) is 9.90 Å². The summed E-state index contributed by atoms with van der Waals surface area (Å²) in [4.78, 5) is 15.9. The molecule has 2 aromatic carbocycles. The molecule has 0 bridgehead atoms. The van der Waals surface area contributed by atoms with Crippen LogP contribution >= 0.6 is 0 Å².